The lowest BCUT2D eigenvalue weighted by Gasteiger charge is -2.38. The van der Waals surface area contributed by atoms with E-state index in [0.717, 1.165) is 24.2 Å². The van der Waals surface area contributed by atoms with Gasteiger partial charge in [-0.2, -0.15) is 5.26 Å². The number of hydrogen-bond donors (Lipinski definition) is 1. The van der Waals surface area contributed by atoms with Crippen LogP contribution in [0.5, 0.6) is 0 Å². The Balaban J connectivity index is 1.49. The Morgan fingerprint density at radius 2 is 2.07 bits per heavy atom. The van der Waals surface area contributed by atoms with Gasteiger partial charge < -0.3 is 14.8 Å². The van der Waals surface area contributed by atoms with Crippen molar-refractivity contribution in [3.63, 3.8) is 0 Å². The molecule has 1 aromatic carbocycles. The Morgan fingerprint density at radius 3 is 2.83 bits per heavy atom. The summed E-state index contributed by atoms with van der Waals surface area (Å²) in [5, 5.41) is 12.5. The van der Waals surface area contributed by atoms with Crippen molar-refractivity contribution >= 4 is 22.6 Å². The second-order valence-electron chi connectivity index (χ2n) is 7.56. The number of anilines is 1. The van der Waals surface area contributed by atoms with Crippen molar-refractivity contribution in [2.24, 2.45) is 5.92 Å². The highest BCUT2D eigenvalue weighted by molar-refractivity contribution is 5.92. The van der Waals surface area contributed by atoms with Crippen molar-refractivity contribution in [3.8, 4) is 6.07 Å². The van der Waals surface area contributed by atoms with Gasteiger partial charge in [-0.05, 0) is 24.5 Å². The minimum absolute atomic E-state index is 0.0437. The van der Waals surface area contributed by atoms with Crippen molar-refractivity contribution in [2.75, 3.05) is 18.0 Å². The first kappa shape index (κ1) is 18.9. The van der Waals surface area contributed by atoms with Crippen LogP contribution in [0, 0.1) is 17.2 Å². The third-order valence-electron chi connectivity index (χ3n) is 5.25. The van der Waals surface area contributed by atoms with Gasteiger partial charge in [-0.15, -0.1) is 0 Å². The second kappa shape index (κ2) is 8.27. The molecule has 8 heteroatoms. The molecule has 4 rings (SSSR count). The summed E-state index contributed by atoms with van der Waals surface area (Å²) in [7, 11) is 0. The quantitative estimate of drug-likeness (QED) is 0.717. The number of benzene rings is 1. The molecular weight excluding hydrogens is 366 g/mol. The lowest BCUT2D eigenvalue weighted by atomic mass is 9.95. The van der Waals surface area contributed by atoms with E-state index in [9.17, 15) is 10.1 Å². The fourth-order valence-electron chi connectivity index (χ4n) is 3.99. The molecule has 0 spiro atoms. The maximum atomic E-state index is 12.4. The fraction of sp³-hybridized carbons (Fsp3) is 0.381. The molecule has 0 unspecified atom stereocenters. The molecule has 148 valence electrons. The van der Waals surface area contributed by atoms with Crippen LogP contribution in [0.1, 0.15) is 25.3 Å². The molecule has 0 radical (unpaired) electrons. The number of fused-ring (bicyclic) bond motifs is 1. The van der Waals surface area contributed by atoms with Crippen LogP contribution in [-0.4, -0.2) is 44.6 Å². The molecule has 1 saturated heterocycles. The summed E-state index contributed by atoms with van der Waals surface area (Å²) in [4.78, 5) is 27.5. The number of hydrogen-bond acceptors (Lipinski definition) is 6. The zero-order chi connectivity index (χ0) is 20.2. The summed E-state index contributed by atoms with van der Waals surface area (Å²) in [5.41, 5.74) is 2.82. The maximum Gasteiger partial charge on any atom is 0.222 e. The van der Waals surface area contributed by atoms with Crippen LogP contribution >= 0.6 is 0 Å². The molecule has 3 heterocycles. The van der Waals surface area contributed by atoms with Crippen LogP contribution in [0.4, 0.5) is 5.69 Å². The van der Waals surface area contributed by atoms with E-state index in [-0.39, 0.29) is 11.9 Å². The third-order valence-corrected chi connectivity index (χ3v) is 5.25. The van der Waals surface area contributed by atoms with E-state index in [1.807, 2.05) is 16.8 Å². The van der Waals surface area contributed by atoms with Gasteiger partial charge in [0.1, 0.15) is 17.1 Å². The molecule has 0 bridgehead atoms. The molecule has 0 aliphatic carbocycles. The van der Waals surface area contributed by atoms with E-state index >= 15 is 0 Å². The van der Waals surface area contributed by atoms with Crippen LogP contribution in [0.2, 0.25) is 0 Å². The number of rotatable bonds is 5. The Hall–Kier alpha value is -3.47. The van der Waals surface area contributed by atoms with Crippen LogP contribution in [0.25, 0.3) is 11.0 Å². The van der Waals surface area contributed by atoms with E-state index in [4.69, 9.17) is 0 Å². The van der Waals surface area contributed by atoms with Gasteiger partial charge in [0.15, 0.2) is 0 Å². The maximum absolute atomic E-state index is 12.4. The number of nitrogens with one attached hydrogen (secondary N) is 1. The summed E-state index contributed by atoms with van der Waals surface area (Å²) in [5.74, 6) is 0.465. The highest BCUT2D eigenvalue weighted by Gasteiger charge is 2.27. The van der Waals surface area contributed by atoms with E-state index in [0.29, 0.717) is 36.5 Å². The normalized spacial score (nSPS) is 19.1. The van der Waals surface area contributed by atoms with Crippen LogP contribution in [0.15, 0.2) is 43.2 Å². The average Bonchev–Trinajstić information content (AvgIpc) is 3.24. The summed E-state index contributed by atoms with van der Waals surface area (Å²) in [6, 6.07) is 5.98. The van der Waals surface area contributed by atoms with Crippen LogP contribution in [0.3, 0.4) is 0 Å². The number of aromatic nitrogens is 4. The van der Waals surface area contributed by atoms with Gasteiger partial charge in [0.05, 0.1) is 17.6 Å². The van der Waals surface area contributed by atoms with Crippen molar-refractivity contribution in [1.29, 1.82) is 5.26 Å². The molecule has 2 aromatic heterocycles. The number of nitriles is 1. The number of carbonyl (C=O) groups is 1. The zero-order valence-corrected chi connectivity index (χ0v) is 16.3. The van der Waals surface area contributed by atoms with Gasteiger partial charge in [-0.1, -0.05) is 6.92 Å². The van der Waals surface area contributed by atoms with Gasteiger partial charge in [-0.3, -0.25) is 14.8 Å². The molecule has 8 nitrogen and oxygen atoms in total. The first-order valence-corrected chi connectivity index (χ1v) is 9.78. The molecule has 1 N–H and O–H groups in total. The standard InChI is InChI=1S/C21H23N7O/c1-15-10-17(26-19(29)4-8-27-9-7-23-14-27)13-28(12-15)18-3-2-16(11-22)20-21(18)25-6-5-24-20/h2-3,5-7,9,14-15,17H,4,8,10,12-13H2,1H3,(H,26,29)/t15-,17+/m0/s1. The fourth-order valence-corrected chi connectivity index (χ4v) is 3.99. The summed E-state index contributed by atoms with van der Waals surface area (Å²) >= 11 is 0. The van der Waals surface area contributed by atoms with Crippen molar-refractivity contribution in [3.05, 3.63) is 48.8 Å². The zero-order valence-electron chi connectivity index (χ0n) is 16.3. The van der Waals surface area contributed by atoms with Crippen molar-refractivity contribution in [2.45, 2.75) is 32.4 Å². The van der Waals surface area contributed by atoms with Gasteiger partial charge in [0.25, 0.3) is 0 Å². The number of piperidine rings is 1. The monoisotopic (exact) mass is 389 g/mol. The number of amides is 1. The summed E-state index contributed by atoms with van der Waals surface area (Å²) < 4.78 is 1.90. The molecular formula is C21H23N7O. The molecule has 1 aliphatic heterocycles. The van der Waals surface area contributed by atoms with Crippen molar-refractivity contribution < 1.29 is 4.79 Å². The van der Waals surface area contributed by atoms with E-state index in [2.05, 4.69) is 38.2 Å². The largest absolute Gasteiger partial charge is 0.367 e. The minimum atomic E-state index is 0.0437. The van der Waals surface area contributed by atoms with Gasteiger partial charge in [0.2, 0.25) is 5.91 Å². The predicted molar refractivity (Wildman–Crippen MR) is 109 cm³/mol. The summed E-state index contributed by atoms with van der Waals surface area (Å²) in [6.07, 6.45) is 9.90. The van der Waals surface area contributed by atoms with Crippen molar-refractivity contribution in [1.82, 2.24) is 24.8 Å². The number of carbonyl (C=O) groups excluding carboxylic acids is 1. The molecule has 1 amide bonds. The van der Waals surface area contributed by atoms with Gasteiger partial charge in [0, 0.05) is 56.9 Å². The Morgan fingerprint density at radius 1 is 1.24 bits per heavy atom. The Labute approximate surface area is 169 Å². The Kier molecular flexibility index (Phi) is 5.38. The highest BCUT2D eigenvalue weighted by atomic mass is 16.1. The molecule has 29 heavy (non-hydrogen) atoms. The molecule has 3 aromatic rings. The predicted octanol–water partition coefficient (Wildman–Crippen LogP) is 2.12. The van der Waals surface area contributed by atoms with Gasteiger partial charge in [-0.25, -0.2) is 4.98 Å². The smallest absolute Gasteiger partial charge is 0.222 e. The number of imidazole rings is 1. The van der Waals surface area contributed by atoms with E-state index < -0.39 is 0 Å². The topological polar surface area (TPSA) is 99.7 Å². The lowest BCUT2D eigenvalue weighted by Crippen LogP contribution is -2.50. The van der Waals surface area contributed by atoms with E-state index in [1.165, 1.54) is 0 Å². The first-order chi connectivity index (χ1) is 14.1. The van der Waals surface area contributed by atoms with Gasteiger partial charge >= 0.3 is 0 Å². The number of aryl methyl sites for hydroxylation is 1. The van der Waals surface area contributed by atoms with Crippen LogP contribution < -0.4 is 10.2 Å². The highest BCUT2D eigenvalue weighted by Crippen LogP contribution is 2.30. The lowest BCUT2D eigenvalue weighted by molar-refractivity contribution is -0.122. The summed E-state index contributed by atoms with van der Waals surface area (Å²) in [6.45, 7) is 4.39. The molecule has 1 aliphatic rings. The Bertz CT molecular complexity index is 1040. The van der Waals surface area contributed by atoms with E-state index in [1.54, 1.807) is 31.0 Å². The minimum Gasteiger partial charge on any atom is -0.367 e. The van der Waals surface area contributed by atoms with Crippen LogP contribution in [-0.2, 0) is 11.3 Å². The molecule has 1 fully saturated rings. The second-order valence-corrected chi connectivity index (χ2v) is 7.56. The average molecular weight is 389 g/mol. The SMILES string of the molecule is C[C@H]1C[C@@H](NC(=O)CCn2ccnc2)CN(c2ccc(C#N)c3nccnc23)C1. The first-order valence-electron chi connectivity index (χ1n) is 9.78. The number of nitrogens with zero attached hydrogens (tertiary/aromatic N) is 6. The molecule has 0 saturated carbocycles. The molecule has 2 atom stereocenters. The third kappa shape index (κ3) is 4.19.